The highest BCUT2D eigenvalue weighted by atomic mass is 35.5. The number of nitriles is 1. The van der Waals surface area contributed by atoms with Gasteiger partial charge in [-0.2, -0.15) is 5.26 Å². The first-order valence-electron chi connectivity index (χ1n) is 10.2. The summed E-state index contributed by atoms with van der Waals surface area (Å²) in [5, 5.41) is 20.4. The molecule has 0 spiro atoms. The Kier molecular flexibility index (Phi) is 4.83. The van der Waals surface area contributed by atoms with E-state index in [1.54, 1.807) is 44.4 Å². The van der Waals surface area contributed by atoms with Crippen LogP contribution in [-0.2, 0) is 0 Å². The molecule has 1 aromatic heterocycles. The first-order chi connectivity index (χ1) is 15.8. The maximum atomic E-state index is 13.2. The van der Waals surface area contributed by atoms with Crippen molar-refractivity contribution in [1.29, 1.82) is 5.26 Å². The zero-order valence-corrected chi connectivity index (χ0v) is 18.5. The minimum atomic E-state index is -0.559. The fourth-order valence-electron chi connectivity index (χ4n) is 4.67. The molecule has 5 rings (SSSR count). The molecule has 2 unspecified atom stereocenters. The first-order valence-corrected chi connectivity index (χ1v) is 10.6. The van der Waals surface area contributed by atoms with Gasteiger partial charge in [-0.1, -0.05) is 11.6 Å². The number of fused-ring (bicyclic) bond motifs is 5. The third-order valence-electron chi connectivity index (χ3n) is 6.28. The quantitative estimate of drug-likeness (QED) is 0.630. The average Bonchev–Trinajstić information content (AvgIpc) is 3.48. The van der Waals surface area contributed by atoms with Crippen LogP contribution in [0.1, 0.15) is 35.3 Å². The predicted octanol–water partition coefficient (Wildman–Crippen LogP) is 3.69. The number of aromatic nitrogens is 2. The molecule has 2 atom stereocenters. The minimum absolute atomic E-state index is 0.223. The molecule has 168 valence electrons. The summed E-state index contributed by atoms with van der Waals surface area (Å²) in [6.07, 6.45) is -0.0415. The Morgan fingerprint density at radius 2 is 1.91 bits per heavy atom. The van der Waals surface area contributed by atoms with Crippen LogP contribution in [0.25, 0.3) is 5.69 Å². The molecule has 33 heavy (non-hydrogen) atoms. The number of benzene rings is 2. The predicted molar refractivity (Wildman–Crippen MR) is 118 cm³/mol. The van der Waals surface area contributed by atoms with Crippen molar-refractivity contribution in [1.82, 2.24) is 14.0 Å². The van der Waals surface area contributed by atoms with Crippen molar-refractivity contribution in [3.05, 3.63) is 68.7 Å². The molecule has 0 radical (unpaired) electrons. The van der Waals surface area contributed by atoms with E-state index in [2.05, 4.69) is 0 Å². The van der Waals surface area contributed by atoms with E-state index in [4.69, 9.17) is 21.1 Å². The number of halogens is 1. The zero-order valence-electron chi connectivity index (χ0n) is 17.8. The van der Waals surface area contributed by atoms with Crippen LogP contribution in [0.5, 0.6) is 17.4 Å². The van der Waals surface area contributed by atoms with Gasteiger partial charge in [0.15, 0.2) is 0 Å². The van der Waals surface area contributed by atoms with Gasteiger partial charge in [0, 0.05) is 6.54 Å². The second-order valence-corrected chi connectivity index (χ2v) is 8.36. The highest BCUT2D eigenvalue weighted by molar-refractivity contribution is 6.32. The van der Waals surface area contributed by atoms with Crippen molar-refractivity contribution in [3.8, 4) is 29.1 Å². The molecule has 10 heteroatoms. The molecule has 2 bridgehead atoms. The summed E-state index contributed by atoms with van der Waals surface area (Å²) in [4.78, 5) is 27.6. The molecule has 2 aliphatic rings. The number of hydrogen-bond donors (Lipinski definition) is 1. The second-order valence-electron chi connectivity index (χ2n) is 7.98. The van der Waals surface area contributed by atoms with Gasteiger partial charge < -0.3 is 14.6 Å². The summed E-state index contributed by atoms with van der Waals surface area (Å²) < 4.78 is 13.3. The Labute approximate surface area is 193 Å². The Morgan fingerprint density at radius 3 is 2.58 bits per heavy atom. The third kappa shape index (κ3) is 3.06. The van der Waals surface area contributed by atoms with Crippen LogP contribution >= 0.6 is 11.6 Å². The lowest BCUT2D eigenvalue weighted by molar-refractivity contribution is 0.140. The van der Waals surface area contributed by atoms with E-state index in [0.29, 0.717) is 41.4 Å². The molecule has 3 heterocycles. The highest BCUT2D eigenvalue weighted by Crippen LogP contribution is 2.49. The fraction of sp³-hybridized carbons (Fsp3) is 0.261. The first kappa shape index (κ1) is 21.0. The number of methoxy groups -OCH3 is 1. The number of hydrogen-bond acceptors (Lipinski definition) is 6. The van der Waals surface area contributed by atoms with Gasteiger partial charge in [-0.3, -0.25) is 9.47 Å². The van der Waals surface area contributed by atoms with Crippen LogP contribution in [0.2, 0.25) is 5.02 Å². The lowest BCUT2D eigenvalue weighted by Gasteiger charge is -2.26. The number of rotatable bonds is 3. The highest BCUT2D eigenvalue weighted by Gasteiger charge is 2.50. The van der Waals surface area contributed by atoms with Crippen LogP contribution in [0.3, 0.4) is 0 Å². The van der Waals surface area contributed by atoms with Crippen molar-refractivity contribution < 1.29 is 19.4 Å². The van der Waals surface area contributed by atoms with Gasteiger partial charge in [-0.25, -0.2) is 14.2 Å². The maximum absolute atomic E-state index is 13.2. The van der Waals surface area contributed by atoms with Crippen molar-refractivity contribution in [2.75, 3.05) is 13.7 Å². The monoisotopic (exact) mass is 466 g/mol. The van der Waals surface area contributed by atoms with Gasteiger partial charge in [-0.15, -0.1) is 0 Å². The lowest BCUT2D eigenvalue weighted by atomic mass is 10.1. The van der Waals surface area contributed by atoms with Crippen LogP contribution in [-0.4, -0.2) is 38.9 Å². The molecule has 0 saturated carbocycles. The van der Waals surface area contributed by atoms with Gasteiger partial charge in [0.25, 0.3) is 0 Å². The topological polar surface area (TPSA) is 110 Å². The van der Waals surface area contributed by atoms with Gasteiger partial charge in [0.1, 0.15) is 23.3 Å². The summed E-state index contributed by atoms with van der Waals surface area (Å²) in [5.41, 5.74) is 1.12. The molecule has 9 nitrogen and oxygen atoms in total. The van der Waals surface area contributed by atoms with Gasteiger partial charge >= 0.3 is 11.8 Å². The Morgan fingerprint density at radius 1 is 1.21 bits per heavy atom. The lowest BCUT2D eigenvalue weighted by Crippen LogP contribution is -2.39. The standard InChI is InChI=1S/C23H19ClN4O5/c1-12-17(8-3-13(10-25)19(12)24)28-21(29)20-18-9-14(27(20)22(28)30)11-26(18)23(31)33-16-6-4-15(32-2)5-7-16/h3-8,14,18,29H,9,11H2,1-2H3. The number of carbonyl (C=O) groups excluding carboxylic acids is 1. The van der Waals surface area contributed by atoms with E-state index in [1.807, 2.05) is 6.07 Å². The Balaban J connectivity index is 1.48. The number of imidazole rings is 1. The molecule has 3 aromatic rings. The Bertz CT molecular complexity index is 1390. The zero-order chi connectivity index (χ0) is 23.4. The molecular weight excluding hydrogens is 448 g/mol. The van der Waals surface area contributed by atoms with E-state index < -0.39 is 17.8 Å². The average molecular weight is 467 g/mol. The van der Waals surface area contributed by atoms with Crippen molar-refractivity contribution in [2.24, 2.45) is 0 Å². The smallest absolute Gasteiger partial charge is 0.415 e. The summed E-state index contributed by atoms with van der Waals surface area (Å²) in [6, 6.07) is 10.9. The normalized spacial score (nSPS) is 18.2. The van der Waals surface area contributed by atoms with E-state index in [9.17, 15) is 20.0 Å². The number of likely N-dealkylation sites (tertiary alicyclic amines) is 1. The number of carbonyl (C=O) groups is 1. The van der Waals surface area contributed by atoms with Gasteiger partial charge in [0.05, 0.1) is 35.5 Å². The maximum Gasteiger partial charge on any atom is 0.415 e. The molecule has 1 saturated heterocycles. The number of nitrogens with zero attached hydrogens (tertiary/aromatic N) is 4. The summed E-state index contributed by atoms with van der Waals surface area (Å²) in [5.74, 6) is 0.757. The number of amides is 1. The Hall–Kier alpha value is -3.90. The molecule has 2 aliphatic heterocycles. The largest absolute Gasteiger partial charge is 0.497 e. The van der Waals surface area contributed by atoms with E-state index >= 15 is 0 Å². The molecule has 0 aliphatic carbocycles. The fourth-order valence-corrected chi connectivity index (χ4v) is 4.87. The molecule has 1 fully saturated rings. The SMILES string of the molecule is COc1ccc(OC(=O)N2CC3CC2c2c(O)n(-c4ccc(C#N)c(Cl)c4C)c(=O)n23)cc1. The van der Waals surface area contributed by atoms with Crippen LogP contribution in [0.15, 0.2) is 41.2 Å². The van der Waals surface area contributed by atoms with Crippen molar-refractivity contribution in [2.45, 2.75) is 25.4 Å². The second kappa shape index (κ2) is 7.60. The third-order valence-corrected chi connectivity index (χ3v) is 6.76. The molecular formula is C23H19ClN4O5. The number of ether oxygens (including phenoxy) is 2. The van der Waals surface area contributed by atoms with Crippen LogP contribution in [0, 0.1) is 18.3 Å². The summed E-state index contributed by atoms with van der Waals surface area (Å²) in [6.45, 7) is 1.98. The molecule has 2 aromatic carbocycles. The van der Waals surface area contributed by atoms with E-state index in [-0.39, 0.29) is 22.5 Å². The number of aromatic hydroxyl groups is 1. The minimum Gasteiger partial charge on any atom is -0.497 e. The van der Waals surface area contributed by atoms with Gasteiger partial charge in [0.2, 0.25) is 5.88 Å². The van der Waals surface area contributed by atoms with E-state index in [0.717, 1.165) is 0 Å². The van der Waals surface area contributed by atoms with Crippen molar-refractivity contribution >= 4 is 17.7 Å². The van der Waals surface area contributed by atoms with Crippen LogP contribution < -0.4 is 15.2 Å². The molecule has 1 N–H and O–H groups in total. The van der Waals surface area contributed by atoms with Crippen molar-refractivity contribution in [3.63, 3.8) is 0 Å². The van der Waals surface area contributed by atoms with E-state index in [1.165, 1.54) is 20.1 Å². The van der Waals surface area contributed by atoms with Gasteiger partial charge in [-0.05, 0) is 55.3 Å². The van der Waals surface area contributed by atoms with Crippen LogP contribution in [0.4, 0.5) is 4.79 Å². The summed E-state index contributed by atoms with van der Waals surface area (Å²) in [7, 11) is 1.55. The summed E-state index contributed by atoms with van der Waals surface area (Å²) >= 11 is 6.27. The molecule has 1 amide bonds.